The van der Waals surface area contributed by atoms with E-state index in [0.29, 0.717) is 18.8 Å². The molecule has 1 saturated heterocycles. The summed E-state index contributed by atoms with van der Waals surface area (Å²) >= 11 is 0. The molecule has 0 atom stereocenters. The number of alkyl halides is 2. The molecular weight excluding hydrogens is 350 g/mol. The highest BCUT2D eigenvalue weighted by Crippen LogP contribution is 2.41. The average molecular weight is 368 g/mol. The fraction of sp³-hybridized carbons (Fsp3) is 0.438. The maximum atomic E-state index is 14.7. The highest BCUT2D eigenvalue weighted by Gasteiger charge is 2.53. The van der Waals surface area contributed by atoms with Gasteiger partial charge < -0.3 is 4.90 Å². The van der Waals surface area contributed by atoms with Gasteiger partial charge in [-0.2, -0.15) is 19.0 Å². The van der Waals surface area contributed by atoms with Crippen LogP contribution in [0.3, 0.4) is 0 Å². The number of sulfone groups is 1. The lowest BCUT2D eigenvalue weighted by molar-refractivity contribution is 0.0149. The molecule has 25 heavy (non-hydrogen) atoms. The molecule has 0 bridgehead atoms. The van der Waals surface area contributed by atoms with E-state index in [1.54, 1.807) is 19.2 Å². The van der Waals surface area contributed by atoms with Crippen molar-refractivity contribution in [3.8, 4) is 0 Å². The molecule has 134 valence electrons. The van der Waals surface area contributed by atoms with Crippen molar-refractivity contribution in [1.29, 1.82) is 0 Å². The summed E-state index contributed by atoms with van der Waals surface area (Å²) in [6, 6.07) is 4.35. The molecule has 1 aliphatic heterocycles. The monoisotopic (exact) mass is 368 g/mol. The van der Waals surface area contributed by atoms with Crippen molar-refractivity contribution in [2.45, 2.75) is 29.9 Å². The van der Waals surface area contributed by atoms with Crippen LogP contribution in [0.15, 0.2) is 41.7 Å². The Labute approximate surface area is 144 Å². The molecule has 2 aromatic heterocycles. The van der Waals surface area contributed by atoms with Gasteiger partial charge in [0.15, 0.2) is 0 Å². The smallest absolute Gasteiger partial charge is 0.352 e. The van der Waals surface area contributed by atoms with E-state index in [1.165, 1.54) is 18.3 Å². The third kappa shape index (κ3) is 3.33. The van der Waals surface area contributed by atoms with Crippen LogP contribution in [0, 0.1) is 12.8 Å². The number of halogens is 2. The molecule has 1 aliphatic rings. The SMILES string of the molecule is Cc1ccc(S(=O)(=O)C(F)(F)C2CCN(c3ccnnc3)CC2)cn1. The van der Waals surface area contributed by atoms with Gasteiger partial charge in [0.25, 0.3) is 0 Å². The van der Waals surface area contributed by atoms with Gasteiger partial charge in [-0.3, -0.25) is 4.98 Å². The predicted octanol–water partition coefficient (Wildman–Crippen LogP) is 2.46. The average Bonchev–Trinajstić information content (AvgIpc) is 2.63. The molecule has 1 fully saturated rings. The van der Waals surface area contributed by atoms with Gasteiger partial charge >= 0.3 is 5.25 Å². The molecule has 9 heteroatoms. The van der Waals surface area contributed by atoms with E-state index in [9.17, 15) is 17.2 Å². The molecule has 0 spiro atoms. The van der Waals surface area contributed by atoms with E-state index in [2.05, 4.69) is 15.2 Å². The molecule has 0 aliphatic carbocycles. The lowest BCUT2D eigenvalue weighted by atomic mass is 9.97. The number of rotatable bonds is 4. The second-order valence-electron chi connectivity index (χ2n) is 6.06. The van der Waals surface area contributed by atoms with Gasteiger partial charge in [0.2, 0.25) is 9.84 Å². The first-order valence-electron chi connectivity index (χ1n) is 7.89. The largest absolute Gasteiger partial charge is 0.370 e. The van der Waals surface area contributed by atoms with Crippen molar-refractivity contribution in [2.24, 2.45) is 5.92 Å². The van der Waals surface area contributed by atoms with E-state index >= 15 is 0 Å². The summed E-state index contributed by atoms with van der Waals surface area (Å²) in [5.41, 5.74) is 1.36. The van der Waals surface area contributed by atoms with Crippen molar-refractivity contribution < 1.29 is 17.2 Å². The first-order valence-corrected chi connectivity index (χ1v) is 9.37. The van der Waals surface area contributed by atoms with Crippen molar-refractivity contribution in [3.63, 3.8) is 0 Å². The summed E-state index contributed by atoms with van der Waals surface area (Å²) in [5.74, 6) is -1.23. The minimum Gasteiger partial charge on any atom is -0.370 e. The Bertz CT molecular complexity index is 821. The summed E-state index contributed by atoms with van der Waals surface area (Å²) in [4.78, 5) is 5.29. The Morgan fingerprint density at radius 2 is 1.84 bits per heavy atom. The van der Waals surface area contributed by atoms with Crippen LogP contribution in [0.2, 0.25) is 0 Å². The third-order valence-corrected chi connectivity index (χ3v) is 6.37. The van der Waals surface area contributed by atoms with Crippen LogP contribution >= 0.6 is 0 Å². The Kier molecular flexibility index (Phi) is 4.68. The molecule has 3 rings (SSSR count). The fourth-order valence-corrected chi connectivity index (χ4v) is 4.36. The predicted molar refractivity (Wildman–Crippen MR) is 88.1 cm³/mol. The van der Waals surface area contributed by atoms with Crippen LogP contribution in [0.1, 0.15) is 18.5 Å². The van der Waals surface area contributed by atoms with Crippen molar-refractivity contribution >= 4 is 15.5 Å². The molecular formula is C16H18F2N4O2S. The summed E-state index contributed by atoms with van der Waals surface area (Å²) in [5, 5.41) is 3.63. The van der Waals surface area contributed by atoms with Crippen molar-refractivity contribution in [1.82, 2.24) is 15.2 Å². The highest BCUT2D eigenvalue weighted by molar-refractivity contribution is 7.92. The van der Waals surface area contributed by atoms with Gasteiger partial charge in [-0.15, -0.1) is 0 Å². The zero-order valence-electron chi connectivity index (χ0n) is 13.6. The number of piperidine rings is 1. The topological polar surface area (TPSA) is 76.1 Å². The van der Waals surface area contributed by atoms with Crippen LogP contribution in [0.5, 0.6) is 0 Å². The Balaban J connectivity index is 1.76. The van der Waals surface area contributed by atoms with Gasteiger partial charge in [-0.25, -0.2) is 8.42 Å². The van der Waals surface area contributed by atoms with E-state index in [0.717, 1.165) is 11.9 Å². The number of hydrogen-bond acceptors (Lipinski definition) is 6. The van der Waals surface area contributed by atoms with Crippen LogP contribution in [-0.4, -0.2) is 41.9 Å². The summed E-state index contributed by atoms with van der Waals surface area (Å²) in [7, 11) is -4.77. The molecule has 0 saturated carbocycles. The minimum absolute atomic E-state index is 0.0772. The van der Waals surface area contributed by atoms with Crippen LogP contribution in [-0.2, 0) is 9.84 Å². The maximum absolute atomic E-state index is 14.7. The number of aryl methyl sites for hydroxylation is 1. The lowest BCUT2D eigenvalue weighted by Gasteiger charge is -2.36. The van der Waals surface area contributed by atoms with Crippen LogP contribution in [0.25, 0.3) is 0 Å². The quantitative estimate of drug-likeness (QED) is 0.825. The molecule has 6 nitrogen and oxygen atoms in total. The fourth-order valence-electron chi connectivity index (χ4n) is 2.93. The normalized spacial score (nSPS) is 16.8. The standard InChI is InChI=1S/C16H18F2N4O2S/c1-12-2-3-15(11-19-12)25(23,24)16(17,18)13-5-8-22(9-6-13)14-4-7-20-21-10-14/h2-4,7,10-11,13H,5-6,8-9H2,1H3. The molecule has 0 amide bonds. The molecule has 0 N–H and O–H groups in total. The van der Waals surface area contributed by atoms with Gasteiger partial charge in [-0.1, -0.05) is 0 Å². The Morgan fingerprint density at radius 1 is 1.12 bits per heavy atom. The number of nitrogens with zero attached hydrogens (tertiary/aromatic N) is 4. The van der Waals surface area contributed by atoms with Gasteiger partial charge in [0.05, 0.1) is 23.0 Å². The van der Waals surface area contributed by atoms with Gasteiger partial charge in [0, 0.05) is 30.9 Å². The molecule has 0 aromatic carbocycles. The summed E-state index contributed by atoms with van der Waals surface area (Å²) < 4.78 is 54.3. The minimum atomic E-state index is -4.77. The highest BCUT2D eigenvalue weighted by atomic mass is 32.2. The lowest BCUT2D eigenvalue weighted by Crippen LogP contribution is -2.44. The van der Waals surface area contributed by atoms with Crippen LogP contribution < -0.4 is 4.90 Å². The Hall–Kier alpha value is -2.16. The van der Waals surface area contributed by atoms with Crippen molar-refractivity contribution in [2.75, 3.05) is 18.0 Å². The number of hydrogen-bond donors (Lipinski definition) is 0. The zero-order chi connectivity index (χ0) is 18.1. The van der Waals surface area contributed by atoms with Gasteiger partial charge in [0.1, 0.15) is 0 Å². The summed E-state index contributed by atoms with van der Waals surface area (Å²) in [6.45, 7) is 2.35. The second-order valence-corrected chi connectivity index (χ2v) is 8.09. The molecule has 3 heterocycles. The molecule has 0 unspecified atom stereocenters. The number of anilines is 1. The van der Waals surface area contributed by atoms with E-state index in [-0.39, 0.29) is 12.8 Å². The van der Waals surface area contributed by atoms with E-state index in [4.69, 9.17) is 0 Å². The van der Waals surface area contributed by atoms with E-state index in [1.807, 2.05) is 4.90 Å². The van der Waals surface area contributed by atoms with Crippen molar-refractivity contribution in [3.05, 3.63) is 42.5 Å². The first-order chi connectivity index (χ1) is 11.8. The number of pyridine rings is 1. The first kappa shape index (κ1) is 17.7. The molecule has 2 aromatic rings. The number of aromatic nitrogens is 3. The molecule has 0 radical (unpaired) electrons. The van der Waals surface area contributed by atoms with E-state index < -0.39 is 25.9 Å². The third-order valence-electron chi connectivity index (χ3n) is 4.46. The van der Waals surface area contributed by atoms with Crippen LogP contribution in [0.4, 0.5) is 14.5 Å². The summed E-state index contributed by atoms with van der Waals surface area (Å²) in [6.07, 6.45) is 4.25. The Morgan fingerprint density at radius 3 is 2.40 bits per heavy atom. The maximum Gasteiger partial charge on any atom is 0.352 e. The second kappa shape index (κ2) is 6.62. The van der Waals surface area contributed by atoms with Gasteiger partial charge in [-0.05, 0) is 38.0 Å². The zero-order valence-corrected chi connectivity index (χ0v) is 14.5.